The van der Waals surface area contributed by atoms with Crippen LogP contribution in [-0.4, -0.2) is 38.0 Å². The van der Waals surface area contributed by atoms with Gasteiger partial charge in [0.1, 0.15) is 6.04 Å². The van der Waals surface area contributed by atoms with Crippen LogP contribution in [0.4, 0.5) is 0 Å². The molecule has 2 aliphatic rings. The number of amides is 1. The number of fused-ring (bicyclic) bond motifs is 1. The predicted molar refractivity (Wildman–Crippen MR) is 103 cm³/mol. The highest BCUT2D eigenvalue weighted by molar-refractivity contribution is 7.89. The second-order valence-electron chi connectivity index (χ2n) is 6.99. The molecule has 1 N–H and O–H groups in total. The summed E-state index contributed by atoms with van der Waals surface area (Å²) in [5, 5.41) is 2.85. The molecule has 0 bridgehead atoms. The van der Waals surface area contributed by atoms with E-state index in [-0.39, 0.29) is 17.6 Å². The van der Waals surface area contributed by atoms with Gasteiger partial charge in [-0.3, -0.25) is 4.79 Å². The van der Waals surface area contributed by atoms with Crippen LogP contribution in [-0.2, 0) is 21.4 Å². The third-order valence-corrected chi connectivity index (χ3v) is 6.96. The molecule has 1 saturated heterocycles. The standard InChI is InChI=1S/C20H22N2O5S/c1-14-4-7-16(8-5-14)28(24,25)22-10-2-3-17(22)20(23)21-12-15-6-9-18-19(11-15)27-13-26-18/h4-9,11,17H,2-3,10,12-13H2,1H3,(H,21,23)/t17-/m1/s1. The Bertz CT molecular complexity index is 988. The van der Waals surface area contributed by atoms with E-state index in [9.17, 15) is 13.2 Å². The molecule has 8 heteroatoms. The number of hydrogen-bond acceptors (Lipinski definition) is 5. The van der Waals surface area contributed by atoms with Crippen LogP contribution in [0.5, 0.6) is 11.5 Å². The summed E-state index contributed by atoms with van der Waals surface area (Å²) in [5.41, 5.74) is 1.85. The summed E-state index contributed by atoms with van der Waals surface area (Å²) in [7, 11) is -3.70. The molecular weight excluding hydrogens is 380 g/mol. The van der Waals surface area contributed by atoms with E-state index in [1.165, 1.54) is 4.31 Å². The van der Waals surface area contributed by atoms with Gasteiger partial charge in [0.25, 0.3) is 0 Å². The smallest absolute Gasteiger partial charge is 0.243 e. The Hall–Kier alpha value is -2.58. The molecular formula is C20H22N2O5S. The monoisotopic (exact) mass is 402 g/mol. The van der Waals surface area contributed by atoms with Crippen molar-refractivity contribution in [1.82, 2.24) is 9.62 Å². The average molecular weight is 402 g/mol. The minimum absolute atomic E-state index is 0.194. The molecule has 0 unspecified atom stereocenters. The zero-order chi connectivity index (χ0) is 19.7. The summed E-state index contributed by atoms with van der Waals surface area (Å²) in [5.74, 6) is 1.04. The highest BCUT2D eigenvalue weighted by Crippen LogP contribution is 2.32. The lowest BCUT2D eigenvalue weighted by Crippen LogP contribution is -2.45. The molecule has 1 fully saturated rings. The first kappa shape index (κ1) is 18.8. The number of carbonyl (C=O) groups excluding carboxylic acids is 1. The third kappa shape index (κ3) is 3.57. The van der Waals surface area contributed by atoms with Crippen LogP contribution >= 0.6 is 0 Å². The Morgan fingerprint density at radius 1 is 1.14 bits per heavy atom. The molecule has 7 nitrogen and oxygen atoms in total. The van der Waals surface area contributed by atoms with Crippen LogP contribution in [0.2, 0.25) is 0 Å². The number of nitrogens with zero attached hydrogens (tertiary/aromatic N) is 1. The first-order chi connectivity index (χ1) is 13.4. The van der Waals surface area contributed by atoms with Gasteiger partial charge in [-0.1, -0.05) is 23.8 Å². The van der Waals surface area contributed by atoms with Gasteiger partial charge in [-0.05, 0) is 49.6 Å². The Kier molecular flexibility index (Phi) is 4.99. The molecule has 0 spiro atoms. The van der Waals surface area contributed by atoms with Crippen molar-refractivity contribution in [1.29, 1.82) is 0 Å². The maximum Gasteiger partial charge on any atom is 0.243 e. The molecule has 1 atom stereocenters. The van der Waals surface area contributed by atoms with E-state index in [4.69, 9.17) is 9.47 Å². The molecule has 0 saturated carbocycles. The fourth-order valence-electron chi connectivity index (χ4n) is 3.49. The van der Waals surface area contributed by atoms with Crippen LogP contribution < -0.4 is 14.8 Å². The van der Waals surface area contributed by atoms with Gasteiger partial charge < -0.3 is 14.8 Å². The Morgan fingerprint density at radius 3 is 2.68 bits per heavy atom. The van der Waals surface area contributed by atoms with Gasteiger partial charge in [-0.15, -0.1) is 0 Å². The number of nitrogens with one attached hydrogen (secondary N) is 1. The number of rotatable bonds is 5. The summed E-state index contributed by atoms with van der Waals surface area (Å²) in [4.78, 5) is 12.9. The highest BCUT2D eigenvalue weighted by atomic mass is 32.2. The van der Waals surface area contributed by atoms with Crippen LogP contribution in [0.15, 0.2) is 47.4 Å². The van der Waals surface area contributed by atoms with E-state index >= 15 is 0 Å². The number of ether oxygens (including phenoxy) is 2. The molecule has 2 aromatic rings. The minimum atomic E-state index is -3.70. The Morgan fingerprint density at radius 2 is 1.89 bits per heavy atom. The molecule has 2 heterocycles. The van der Waals surface area contributed by atoms with Crippen molar-refractivity contribution in [2.75, 3.05) is 13.3 Å². The molecule has 2 aromatic carbocycles. The summed E-state index contributed by atoms with van der Waals surface area (Å²) in [6.45, 7) is 2.74. The number of benzene rings is 2. The van der Waals surface area contributed by atoms with Crippen LogP contribution in [0, 0.1) is 6.92 Å². The van der Waals surface area contributed by atoms with Crippen molar-refractivity contribution < 1.29 is 22.7 Å². The number of aryl methyl sites for hydroxylation is 1. The fraction of sp³-hybridized carbons (Fsp3) is 0.350. The zero-order valence-corrected chi connectivity index (χ0v) is 16.4. The normalized spacial score (nSPS) is 19.0. The van der Waals surface area contributed by atoms with Gasteiger partial charge in [0, 0.05) is 13.1 Å². The van der Waals surface area contributed by atoms with Gasteiger partial charge in [0.15, 0.2) is 11.5 Å². The van der Waals surface area contributed by atoms with Crippen molar-refractivity contribution in [2.24, 2.45) is 0 Å². The Labute approximate surface area is 164 Å². The van der Waals surface area contributed by atoms with Crippen molar-refractivity contribution in [3.8, 4) is 11.5 Å². The van der Waals surface area contributed by atoms with Gasteiger partial charge in [-0.2, -0.15) is 4.31 Å². The highest BCUT2D eigenvalue weighted by Gasteiger charge is 2.39. The van der Waals surface area contributed by atoms with Crippen LogP contribution in [0.1, 0.15) is 24.0 Å². The lowest BCUT2D eigenvalue weighted by atomic mass is 10.2. The lowest BCUT2D eigenvalue weighted by molar-refractivity contribution is -0.124. The van der Waals surface area contributed by atoms with Gasteiger partial charge in [0.05, 0.1) is 4.90 Å². The summed E-state index contributed by atoms with van der Waals surface area (Å²) in [6.07, 6.45) is 1.17. The summed E-state index contributed by atoms with van der Waals surface area (Å²) >= 11 is 0. The zero-order valence-electron chi connectivity index (χ0n) is 15.6. The third-order valence-electron chi connectivity index (χ3n) is 5.04. The van der Waals surface area contributed by atoms with E-state index < -0.39 is 16.1 Å². The summed E-state index contributed by atoms with van der Waals surface area (Å²) < 4.78 is 37.9. The molecule has 0 aliphatic carbocycles. The van der Waals surface area contributed by atoms with Crippen LogP contribution in [0.25, 0.3) is 0 Å². The average Bonchev–Trinajstić information content (AvgIpc) is 3.35. The van der Waals surface area contributed by atoms with Gasteiger partial charge in [0.2, 0.25) is 22.7 Å². The Balaban J connectivity index is 1.45. The second kappa shape index (κ2) is 7.44. The van der Waals surface area contributed by atoms with E-state index in [2.05, 4.69) is 5.32 Å². The number of hydrogen-bond donors (Lipinski definition) is 1. The van der Waals surface area contributed by atoms with E-state index in [1.807, 2.05) is 19.1 Å². The van der Waals surface area contributed by atoms with Crippen LogP contribution in [0.3, 0.4) is 0 Å². The SMILES string of the molecule is Cc1ccc(S(=O)(=O)N2CCC[C@@H]2C(=O)NCc2ccc3c(c2)OCO3)cc1. The van der Waals surface area contributed by atoms with E-state index in [1.54, 1.807) is 30.3 Å². The fourth-order valence-corrected chi connectivity index (χ4v) is 5.15. The first-order valence-corrected chi connectivity index (χ1v) is 10.6. The number of sulfonamides is 1. The lowest BCUT2D eigenvalue weighted by Gasteiger charge is -2.23. The molecule has 1 amide bonds. The molecule has 0 radical (unpaired) electrons. The van der Waals surface area contributed by atoms with Gasteiger partial charge >= 0.3 is 0 Å². The molecule has 0 aromatic heterocycles. The minimum Gasteiger partial charge on any atom is -0.454 e. The van der Waals surface area contributed by atoms with E-state index in [0.29, 0.717) is 37.4 Å². The van der Waals surface area contributed by atoms with Crippen molar-refractivity contribution >= 4 is 15.9 Å². The largest absolute Gasteiger partial charge is 0.454 e. The molecule has 148 valence electrons. The maximum atomic E-state index is 13.0. The second-order valence-corrected chi connectivity index (χ2v) is 8.88. The molecule has 28 heavy (non-hydrogen) atoms. The molecule has 2 aliphatic heterocycles. The van der Waals surface area contributed by atoms with Gasteiger partial charge in [-0.25, -0.2) is 8.42 Å². The van der Waals surface area contributed by atoms with Crippen molar-refractivity contribution in [3.05, 3.63) is 53.6 Å². The topological polar surface area (TPSA) is 84.9 Å². The summed E-state index contributed by atoms with van der Waals surface area (Å²) in [6, 6.07) is 11.5. The van der Waals surface area contributed by atoms with Crippen molar-refractivity contribution in [3.63, 3.8) is 0 Å². The first-order valence-electron chi connectivity index (χ1n) is 9.20. The maximum absolute atomic E-state index is 13.0. The predicted octanol–water partition coefficient (Wildman–Crippen LogP) is 2.19. The van der Waals surface area contributed by atoms with E-state index in [0.717, 1.165) is 11.1 Å². The molecule has 4 rings (SSSR count). The van der Waals surface area contributed by atoms with Crippen molar-refractivity contribution in [2.45, 2.75) is 37.2 Å². The quantitative estimate of drug-likeness (QED) is 0.829. The number of carbonyl (C=O) groups is 1.